The highest BCUT2D eigenvalue weighted by molar-refractivity contribution is 5.08. The van der Waals surface area contributed by atoms with Gasteiger partial charge in [-0.05, 0) is 37.5 Å². The summed E-state index contributed by atoms with van der Waals surface area (Å²) in [5, 5.41) is 7.64. The predicted octanol–water partition coefficient (Wildman–Crippen LogP) is 2.02. The van der Waals surface area contributed by atoms with Crippen LogP contribution in [0.15, 0.2) is 4.52 Å². The van der Waals surface area contributed by atoms with Crippen LogP contribution < -0.4 is 5.32 Å². The fraction of sp³-hybridized carbons (Fsp3) is 0.857. The Morgan fingerprint density at radius 3 is 2.89 bits per heavy atom. The fourth-order valence-electron chi connectivity index (χ4n) is 4.17. The van der Waals surface area contributed by atoms with Crippen LogP contribution >= 0.6 is 0 Å². The van der Waals surface area contributed by atoms with Crippen molar-refractivity contribution < 1.29 is 9.26 Å². The van der Waals surface area contributed by atoms with Gasteiger partial charge in [-0.25, -0.2) is 0 Å². The van der Waals surface area contributed by atoms with E-state index in [1.165, 1.54) is 25.7 Å². The van der Waals surface area contributed by atoms with Gasteiger partial charge in [0.25, 0.3) is 0 Å². The smallest absolute Gasteiger partial charge is 0.243 e. The van der Waals surface area contributed by atoms with Crippen LogP contribution in [0.5, 0.6) is 0 Å². The lowest BCUT2D eigenvalue weighted by atomic mass is 9.88. The van der Waals surface area contributed by atoms with Gasteiger partial charge in [0.15, 0.2) is 5.82 Å². The molecule has 104 valence electrons. The van der Waals surface area contributed by atoms with Crippen molar-refractivity contribution in [2.75, 3.05) is 13.7 Å². The number of aromatic nitrogens is 2. The average molecular weight is 263 g/mol. The van der Waals surface area contributed by atoms with Crippen LogP contribution in [-0.2, 0) is 4.74 Å². The monoisotopic (exact) mass is 263 g/mol. The van der Waals surface area contributed by atoms with Crippen LogP contribution in [0.2, 0.25) is 0 Å². The van der Waals surface area contributed by atoms with E-state index in [-0.39, 0.29) is 12.1 Å². The Balaban J connectivity index is 1.48. The summed E-state index contributed by atoms with van der Waals surface area (Å²) in [5.41, 5.74) is 0. The van der Waals surface area contributed by atoms with Gasteiger partial charge < -0.3 is 14.6 Å². The molecular formula is C14H21N3O2. The Morgan fingerprint density at radius 1 is 1.26 bits per heavy atom. The molecule has 0 radical (unpaired) electrons. The van der Waals surface area contributed by atoms with Gasteiger partial charge in [0.1, 0.15) is 0 Å². The van der Waals surface area contributed by atoms with Crippen molar-refractivity contribution in [3.05, 3.63) is 11.7 Å². The lowest BCUT2D eigenvalue weighted by Gasteiger charge is -2.17. The molecule has 0 spiro atoms. The van der Waals surface area contributed by atoms with Crippen molar-refractivity contribution in [1.29, 1.82) is 0 Å². The fourth-order valence-corrected chi connectivity index (χ4v) is 4.17. The second-order valence-electron chi connectivity index (χ2n) is 6.33. The molecule has 1 aromatic heterocycles. The summed E-state index contributed by atoms with van der Waals surface area (Å²) in [5.74, 6) is 3.97. The molecule has 3 fully saturated rings. The molecular weight excluding hydrogens is 242 g/mol. The van der Waals surface area contributed by atoms with E-state index < -0.39 is 0 Å². The summed E-state index contributed by atoms with van der Waals surface area (Å²) in [6.07, 6.45) is 6.60. The molecule has 2 aliphatic carbocycles. The minimum atomic E-state index is 0.171. The molecule has 1 aromatic rings. The molecule has 2 saturated carbocycles. The van der Waals surface area contributed by atoms with Gasteiger partial charge in [-0.2, -0.15) is 4.98 Å². The highest BCUT2D eigenvalue weighted by Gasteiger charge is 2.42. The summed E-state index contributed by atoms with van der Waals surface area (Å²) >= 11 is 0. The van der Waals surface area contributed by atoms with Crippen molar-refractivity contribution in [1.82, 2.24) is 15.5 Å². The van der Waals surface area contributed by atoms with Gasteiger partial charge in [-0.1, -0.05) is 11.6 Å². The molecule has 0 amide bonds. The van der Waals surface area contributed by atoms with Crippen molar-refractivity contribution in [3.8, 4) is 0 Å². The molecule has 1 N–H and O–H groups in total. The van der Waals surface area contributed by atoms with Crippen LogP contribution in [0.1, 0.15) is 55.8 Å². The molecule has 5 heteroatoms. The Labute approximate surface area is 113 Å². The normalized spacial score (nSPS) is 41.2. The number of hydrogen-bond acceptors (Lipinski definition) is 5. The summed E-state index contributed by atoms with van der Waals surface area (Å²) in [7, 11) is 1.75. The third-order valence-electron chi connectivity index (χ3n) is 5.25. The number of hydrogen-bond donors (Lipinski definition) is 1. The van der Waals surface area contributed by atoms with E-state index in [1.54, 1.807) is 7.11 Å². The van der Waals surface area contributed by atoms with Crippen molar-refractivity contribution in [3.63, 3.8) is 0 Å². The van der Waals surface area contributed by atoms with Gasteiger partial charge >= 0.3 is 0 Å². The van der Waals surface area contributed by atoms with Gasteiger partial charge in [0.05, 0.1) is 12.1 Å². The van der Waals surface area contributed by atoms with E-state index in [4.69, 9.17) is 9.26 Å². The summed E-state index contributed by atoms with van der Waals surface area (Å²) in [4.78, 5) is 4.67. The van der Waals surface area contributed by atoms with Crippen molar-refractivity contribution in [2.45, 2.75) is 50.2 Å². The van der Waals surface area contributed by atoms with Crippen LogP contribution in [0.3, 0.4) is 0 Å². The Bertz CT molecular complexity index is 461. The highest BCUT2D eigenvalue weighted by Crippen LogP contribution is 2.52. The van der Waals surface area contributed by atoms with Gasteiger partial charge in [0.2, 0.25) is 5.89 Å². The van der Waals surface area contributed by atoms with Crippen LogP contribution in [0, 0.1) is 11.8 Å². The number of ether oxygens (including phenoxy) is 1. The topological polar surface area (TPSA) is 60.2 Å². The number of nitrogens with zero attached hydrogens (tertiary/aromatic N) is 2. The zero-order valence-corrected chi connectivity index (χ0v) is 11.3. The van der Waals surface area contributed by atoms with E-state index >= 15 is 0 Å². The molecule has 5 nitrogen and oxygen atoms in total. The Hall–Kier alpha value is -0.940. The maximum absolute atomic E-state index is 5.48. The molecule has 1 aliphatic heterocycles. The molecule has 5 unspecified atom stereocenters. The molecule has 1 saturated heterocycles. The van der Waals surface area contributed by atoms with E-state index in [1.807, 2.05) is 0 Å². The third-order valence-corrected chi connectivity index (χ3v) is 5.25. The summed E-state index contributed by atoms with van der Waals surface area (Å²) in [6, 6.07) is 0.171. The Morgan fingerprint density at radius 2 is 2.21 bits per heavy atom. The summed E-state index contributed by atoms with van der Waals surface area (Å²) < 4.78 is 10.8. The first kappa shape index (κ1) is 11.9. The van der Waals surface area contributed by atoms with Crippen molar-refractivity contribution >= 4 is 0 Å². The first-order valence-electron chi connectivity index (χ1n) is 7.43. The standard InChI is InChI=1S/C14H21N3O2/c1-18-10-6-12(15-7-10)14-16-13(17-19-14)11-5-8-2-3-9(11)4-8/h8-12,15H,2-7H2,1H3. The van der Waals surface area contributed by atoms with Crippen LogP contribution in [0.25, 0.3) is 0 Å². The lowest BCUT2D eigenvalue weighted by molar-refractivity contribution is 0.116. The second-order valence-corrected chi connectivity index (χ2v) is 6.33. The minimum absolute atomic E-state index is 0.171. The van der Waals surface area contributed by atoms with Gasteiger partial charge in [-0.15, -0.1) is 0 Å². The quantitative estimate of drug-likeness (QED) is 0.904. The summed E-state index contributed by atoms with van der Waals surface area (Å²) in [6.45, 7) is 0.868. The highest BCUT2D eigenvalue weighted by atomic mass is 16.5. The predicted molar refractivity (Wildman–Crippen MR) is 68.6 cm³/mol. The molecule has 0 aromatic carbocycles. The first-order chi connectivity index (χ1) is 9.33. The number of nitrogens with one attached hydrogen (secondary N) is 1. The van der Waals surface area contributed by atoms with Crippen molar-refractivity contribution in [2.24, 2.45) is 11.8 Å². The number of rotatable bonds is 3. The van der Waals surface area contributed by atoms with Crippen LogP contribution in [-0.4, -0.2) is 29.9 Å². The minimum Gasteiger partial charge on any atom is -0.380 e. The van der Waals surface area contributed by atoms with Gasteiger partial charge in [-0.3, -0.25) is 0 Å². The number of fused-ring (bicyclic) bond motifs is 2. The van der Waals surface area contributed by atoms with E-state index in [0.717, 1.165) is 36.5 Å². The van der Waals surface area contributed by atoms with E-state index in [2.05, 4.69) is 15.5 Å². The average Bonchev–Trinajstić information content (AvgIpc) is 3.19. The zero-order valence-electron chi connectivity index (χ0n) is 11.3. The second kappa shape index (κ2) is 4.56. The zero-order chi connectivity index (χ0) is 12.8. The maximum Gasteiger partial charge on any atom is 0.243 e. The molecule has 4 rings (SSSR count). The largest absolute Gasteiger partial charge is 0.380 e. The molecule has 5 atom stereocenters. The third kappa shape index (κ3) is 1.99. The van der Waals surface area contributed by atoms with E-state index in [0.29, 0.717) is 5.92 Å². The molecule has 19 heavy (non-hydrogen) atoms. The van der Waals surface area contributed by atoms with Gasteiger partial charge in [0, 0.05) is 19.6 Å². The molecule has 2 bridgehead atoms. The molecule has 3 aliphatic rings. The first-order valence-corrected chi connectivity index (χ1v) is 7.43. The lowest BCUT2D eigenvalue weighted by Crippen LogP contribution is -2.16. The number of methoxy groups -OCH3 is 1. The maximum atomic E-state index is 5.48. The Kier molecular flexibility index (Phi) is 2.84. The van der Waals surface area contributed by atoms with E-state index in [9.17, 15) is 0 Å². The van der Waals surface area contributed by atoms with Crippen LogP contribution in [0.4, 0.5) is 0 Å². The SMILES string of the molecule is COC1CNC(c2nc(C3CC4CCC3C4)no2)C1. The molecule has 2 heterocycles.